The molecule has 110 valence electrons. The number of carbonyl (C=O) groups excluding carboxylic acids is 1. The van der Waals surface area contributed by atoms with Crippen molar-refractivity contribution in [3.8, 4) is 0 Å². The molecule has 5 heteroatoms. The topological polar surface area (TPSA) is 63.2 Å². The number of nitrogens with one attached hydrogen (secondary N) is 2. The number of anilines is 1. The van der Waals surface area contributed by atoms with Crippen molar-refractivity contribution < 1.29 is 9.53 Å². The predicted octanol–water partition coefficient (Wildman–Crippen LogP) is 2.20. The lowest BCUT2D eigenvalue weighted by atomic mass is 9.95. The van der Waals surface area contributed by atoms with Crippen LogP contribution in [0.25, 0.3) is 0 Å². The molecule has 20 heavy (non-hydrogen) atoms. The third-order valence-corrected chi connectivity index (χ3v) is 3.56. The SMILES string of the molecule is COCCNC(=O)c1ccc(NC2CCCCC2)cn1. The number of pyridine rings is 1. The molecule has 0 aliphatic heterocycles. The molecule has 0 bridgehead atoms. The molecule has 2 rings (SSSR count). The van der Waals surface area contributed by atoms with Crippen molar-refractivity contribution >= 4 is 11.6 Å². The van der Waals surface area contributed by atoms with Gasteiger partial charge >= 0.3 is 0 Å². The van der Waals surface area contributed by atoms with Crippen LogP contribution in [-0.2, 0) is 4.74 Å². The Hall–Kier alpha value is -1.62. The van der Waals surface area contributed by atoms with E-state index in [9.17, 15) is 4.79 Å². The zero-order valence-electron chi connectivity index (χ0n) is 12.0. The average Bonchev–Trinajstić information content (AvgIpc) is 2.49. The van der Waals surface area contributed by atoms with Crippen molar-refractivity contribution in [1.82, 2.24) is 10.3 Å². The number of amides is 1. The lowest BCUT2D eigenvalue weighted by Gasteiger charge is -2.23. The van der Waals surface area contributed by atoms with Gasteiger partial charge in [0.15, 0.2) is 0 Å². The summed E-state index contributed by atoms with van der Waals surface area (Å²) >= 11 is 0. The molecule has 0 aromatic carbocycles. The Morgan fingerprint density at radius 1 is 1.35 bits per heavy atom. The third-order valence-electron chi connectivity index (χ3n) is 3.56. The van der Waals surface area contributed by atoms with Gasteiger partial charge < -0.3 is 15.4 Å². The van der Waals surface area contributed by atoms with E-state index < -0.39 is 0 Å². The Balaban J connectivity index is 1.83. The van der Waals surface area contributed by atoms with Crippen molar-refractivity contribution in [3.05, 3.63) is 24.0 Å². The molecule has 1 aromatic rings. The maximum absolute atomic E-state index is 11.8. The van der Waals surface area contributed by atoms with Crippen LogP contribution in [0, 0.1) is 0 Å². The fourth-order valence-corrected chi connectivity index (χ4v) is 2.45. The molecule has 1 aliphatic rings. The van der Waals surface area contributed by atoms with E-state index in [-0.39, 0.29) is 5.91 Å². The molecule has 5 nitrogen and oxygen atoms in total. The van der Waals surface area contributed by atoms with Gasteiger partial charge in [-0.05, 0) is 25.0 Å². The van der Waals surface area contributed by atoms with E-state index in [1.165, 1.54) is 32.1 Å². The maximum Gasteiger partial charge on any atom is 0.269 e. The van der Waals surface area contributed by atoms with E-state index in [1.54, 1.807) is 19.4 Å². The van der Waals surface area contributed by atoms with Crippen LogP contribution in [0.4, 0.5) is 5.69 Å². The zero-order chi connectivity index (χ0) is 14.2. The van der Waals surface area contributed by atoms with Gasteiger partial charge in [-0.1, -0.05) is 19.3 Å². The fraction of sp³-hybridized carbons (Fsp3) is 0.600. The molecule has 1 aromatic heterocycles. The Kier molecular flexibility index (Phi) is 5.80. The fourth-order valence-electron chi connectivity index (χ4n) is 2.45. The van der Waals surface area contributed by atoms with E-state index >= 15 is 0 Å². The van der Waals surface area contributed by atoms with E-state index in [4.69, 9.17) is 4.74 Å². The summed E-state index contributed by atoms with van der Waals surface area (Å²) in [5.74, 6) is -0.161. The molecule has 1 fully saturated rings. The van der Waals surface area contributed by atoms with Gasteiger partial charge in [0.25, 0.3) is 5.91 Å². The minimum Gasteiger partial charge on any atom is -0.383 e. The second-order valence-electron chi connectivity index (χ2n) is 5.16. The van der Waals surface area contributed by atoms with Crippen molar-refractivity contribution in [2.75, 3.05) is 25.6 Å². The Morgan fingerprint density at radius 3 is 2.80 bits per heavy atom. The van der Waals surface area contributed by atoms with E-state index in [0.717, 1.165) is 5.69 Å². The molecule has 1 saturated carbocycles. The van der Waals surface area contributed by atoms with E-state index in [2.05, 4.69) is 15.6 Å². The number of carbonyl (C=O) groups is 1. The average molecular weight is 277 g/mol. The summed E-state index contributed by atoms with van der Waals surface area (Å²) < 4.78 is 4.89. The van der Waals surface area contributed by atoms with Crippen LogP contribution in [0.3, 0.4) is 0 Å². The van der Waals surface area contributed by atoms with Crippen molar-refractivity contribution in [3.63, 3.8) is 0 Å². The monoisotopic (exact) mass is 277 g/mol. The summed E-state index contributed by atoms with van der Waals surface area (Å²) in [5, 5.41) is 6.24. The van der Waals surface area contributed by atoms with Gasteiger partial charge in [0.1, 0.15) is 5.69 Å². The number of hydrogen-bond acceptors (Lipinski definition) is 4. The summed E-state index contributed by atoms with van der Waals surface area (Å²) in [5.41, 5.74) is 1.43. The van der Waals surface area contributed by atoms with Gasteiger partial charge in [0.05, 0.1) is 18.5 Å². The summed E-state index contributed by atoms with van der Waals surface area (Å²) in [6, 6.07) is 4.23. The maximum atomic E-state index is 11.8. The largest absolute Gasteiger partial charge is 0.383 e. The molecule has 0 spiro atoms. The van der Waals surface area contributed by atoms with Crippen LogP contribution in [0.15, 0.2) is 18.3 Å². The van der Waals surface area contributed by atoms with Gasteiger partial charge in [-0.2, -0.15) is 0 Å². The molecular formula is C15H23N3O2. The second-order valence-corrected chi connectivity index (χ2v) is 5.16. The minimum atomic E-state index is -0.161. The molecule has 0 unspecified atom stereocenters. The van der Waals surface area contributed by atoms with E-state index in [1.807, 2.05) is 6.07 Å². The van der Waals surface area contributed by atoms with Crippen LogP contribution >= 0.6 is 0 Å². The predicted molar refractivity (Wildman–Crippen MR) is 78.9 cm³/mol. The van der Waals surface area contributed by atoms with Crippen molar-refractivity contribution in [2.24, 2.45) is 0 Å². The molecule has 2 N–H and O–H groups in total. The highest BCUT2D eigenvalue weighted by atomic mass is 16.5. The summed E-state index contributed by atoms with van der Waals surface area (Å²) in [4.78, 5) is 16.0. The van der Waals surface area contributed by atoms with Gasteiger partial charge in [0.2, 0.25) is 0 Å². The zero-order valence-corrected chi connectivity index (χ0v) is 12.0. The highest BCUT2D eigenvalue weighted by Gasteiger charge is 2.13. The summed E-state index contributed by atoms with van der Waals surface area (Å²) in [7, 11) is 1.61. The van der Waals surface area contributed by atoms with Gasteiger partial charge in [-0.3, -0.25) is 4.79 Å². The number of rotatable bonds is 6. The lowest BCUT2D eigenvalue weighted by Crippen LogP contribution is -2.27. The van der Waals surface area contributed by atoms with Crippen LogP contribution in [-0.4, -0.2) is 37.2 Å². The van der Waals surface area contributed by atoms with Crippen molar-refractivity contribution in [1.29, 1.82) is 0 Å². The van der Waals surface area contributed by atoms with Crippen LogP contribution in [0.2, 0.25) is 0 Å². The number of aromatic nitrogens is 1. The van der Waals surface area contributed by atoms with Crippen LogP contribution in [0.5, 0.6) is 0 Å². The molecule has 1 aliphatic carbocycles. The lowest BCUT2D eigenvalue weighted by molar-refractivity contribution is 0.0932. The minimum absolute atomic E-state index is 0.161. The van der Waals surface area contributed by atoms with Crippen LogP contribution < -0.4 is 10.6 Å². The second kappa shape index (κ2) is 7.85. The molecule has 0 radical (unpaired) electrons. The quantitative estimate of drug-likeness (QED) is 0.783. The standard InChI is InChI=1S/C15H23N3O2/c1-20-10-9-16-15(19)14-8-7-13(11-17-14)18-12-5-3-2-4-6-12/h7-8,11-12,18H,2-6,9-10H2,1H3,(H,16,19). The number of methoxy groups -OCH3 is 1. The highest BCUT2D eigenvalue weighted by Crippen LogP contribution is 2.21. The number of nitrogens with zero attached hydrogens (tertiary/aromatic N) is 1. The molecule has 0 atom stereocenters. The number of ether oxygens (including phenoxy) is 1. The third kappa shape index (κ3) is 4.49. The highest BCUT2D eigenvalue weighted by molar-refractivity contribution is 5.92. The first kappa shape index (κ1) is 14.8. The van der Waals surface area contributed by atoms with Gasteiger partial charge in [-0.15, -0.1) is 0 Å². The molecule has 0 saturated heterocycles. The Morgan fingerprint density at radius 2 is 2.15 bits per heavy atom. The smallest absolute Gasteiger partial charge is 0.269 e. The molecule has 1 amide bonds. The van der Waals surface area contributed by atoms with Crippen LogP contribution in [0.1, 0.15) is 42.6 Å². The van der Waals surface area contributed by atoms with E-state index in [0.29, 0.717) is 24.9 Å². The summed E-state index contributed by atoms with van der Waals surface area (Å²) in [6.45, 7) is 1.01. The molecular weight excluding hydrogens is 254 g/mol. The normalized spacial score (nSPS) is 15.8. The Bertz CT molecular complexity index is 414. The van der Waals surface area contributed by atoms with Gasteiger partial charge in [0, 0.05) is 19.7 Å². The van der Waals surface area contributed by atoms with Crippen molar-refractivity contribution in [2.45, 2.75) is 38.1 Å². The van der Waals surface area contributed by atoms with Gasteiger partial charge in [-0.25, -0.2) is 4.98 Å². The Labute approximate surface area is 120 Å². The molecule has 1 heterocycles. The first-order chi connectivity index (χ1) is 9.79. The first-order valence-corrected chi connectivity index (χ1v) is 7.29. The summed E-state index contributed by atoms with van der Waals surface area (Å²) in [6.07, 6.45) is 8.12. The number of hydrogen-bond donors (Lipinski definition) is 2. The first-order valence-electron chi connectivity index (χ1n) is 7.29.